The third-order valence-corrected chi connectivity index (χ3v) is 7.03. The maximum Gasteiger partial charge on any atom is 0.414 e. The minimum absolute atomic E-state index is 0.0289. The summed E-state index contributed by atoms with van der Waals surface area (Å²) in [6.45, 7) is 1.92. The zero-order valence-electron chi connectivity index (χ0n) is 19.3. The van der Waals surface area contributed by atoms with Gasteiger partial charge >= 0.3 is 6.09 Å². The summed E-state index contributed by atoms with van der Waals surface area (Å²) in [7, 11) is 1.60. The SMILES string of the molecule is COc1ccc(-c2cccc(CNCCC3CN(c4ccc5c(c4)NC(=O)CS5)C(=O)O3)c2)cn1. The van der Waals surface area contributed by atoms with E-state index < -0.39 is 0 Å². The molecule has 0 bridgehead atoms. The lowest BCUT2D eigenvalue weighted by Gasteiger charge is -2.20. The van der Waals surface area contributed by atoms with Crippen molar-refractivity contribution in [1.29, 1.82) is 0 Å². The van der Waals surface area contributed by atoms with Crippen molar-refractivity contribution in [2.45, 2.75) is 24.0 Å². The van der Waals surface area contributed by atoms with Gasteiger partial charge in [0.05, 0.1) is 25.1 Å². The summed E-state index contributed by atoms with van der Waals surface area (Å²) in [5.41, 5.74) is 4.77. The van der Waals surface area contributed by atoms with Crippen molar-refractivity contribution in [3.8, 4) is 17.0 Å². The number of cyclic esters (lactones) is 1. The molecule has 3 heterocycles. The molecule has 0 saturated carbocycles. The Balaban J connectivity index is 1.12. The fourth-order valence-electron chi connectivity index (χ4n) is 4.15. The van der Waals surface area contributed by atoms with Crippen LogP contribution in [0.5, 0.6) is 5.88 Å². The molecule has 2 aliphatic rings. The van der Waals surface area contributed by atoms with Gasteiger partial charge in [0.15, 0.2) is 0 Å². The summed E-state index contributed by atoms with van der Waals surface area (Å²) < 4.78 is 10.7. The molecule has 2 N–H and O–H groups in total. The van der Waals surface area contributed by atoms with Gasteiger partial charge < -0.3 is 20.1 Å². The van der Waals surface area contributed by atoms with Crippen LogP contribution in [-0.4, -0.2) is 49.0 Å². The molecule has 2 aromatic carbocycles. The number of amides is 2. The van der Waals surface area contributed by atoms with Crippen LogP contribution < -0.4 is 20.3 Å². The van der Waals surface area contributed by atoms with Crippen molar-refractivity contribution >= 4 is 35.1 Å². The number of rotatable bonds is 8. The number of carbonyl (C=O) groups excluding carboxylic acids is 2. The fourth-order valence-corrected chi connectivity index (χ4v) is 4.94. The molecule has 1 aromatic heterocycles. The number of ether oxygens (including phenoxy) is 2. The summed E-state index contributed by atoms with van der Waals surface area (Å²) in [5, 5.41) is 6.31. The first-order valence-corrected chi connectivity index (χ1v) is 12.4. The zero-order valence-corrected chi connectivity index (χ0v) is 20.1. The van der Waals surface area contributed by atoms with Gasteiger partial charge in [-0.05, 0) is 54.4 Å². The van der Waals surface area contributed by atoms with E-state index in [1.807, 2.05) is 36.4 Å². The fraction of sp³-hybridized carbons (Fsp3) is 0.269. The van der Waals surface area contributed by atoms with Crippen LogP contribution in [0.15, 0.2) is 65.7 Å². The summed E-state index contributed by atoms with van der Waals surface area (Å²) >= 11 is 1.50. The molecule has 0 spiro atoms. The predicted octanol–water partition coefficient (Wildman–Crippen LogP) is 4.31. The molecular weight excluding hydrogens is 464 g/mol. The number of hydrogen-bond donors (Lipinski definition) is 2. The van der Waals surface area contributed by atoms with E-state index in [-0.39, 0.29) is 18.1 Å². The minimum atomic E-state index is -0.356. The highest BCUT2D eigenvalue weighted by Gasteiger charge is 2.32. The first-order chi connectivity index (χ1) is 17.1. The minimum Gasteiger partial charge on any atom is -0.481 e. The van der Waals surface area contributed by atoms with Crippen molar-refractivity contribution in [2.24, 2.45) is 0 Å². The molecule has 2 aliphatic heterocycles. The molecule has 3 aromatic rings. The number of methoxy groups -OCH3 is 1. The average Bonchev–Trinajstić information content (AvgIpc) is 3.26. The molecule has 2 amide bonds. The van der Waals surface area contributed by atoms with Gasteiger partial charge in [0.2, 0.25) is 11.8 Å². The van der Waals surface area contributed by atoms with E-state index >= 15 is 0 Å². The van der Waals surface area contributed by atoms with Crippen molar-refractivity contribution in [3.05, 3.63) is 66.4 Å². The molecule has 180 valence electrons. The molecule has 0 aliphatic carbocycles. The Bertz CT molecular complexity index is 1230. The number of hydrogen-bond acceptors (Lipinski definition) is 7. The topological polar surface area (TPSA) is 92.8 Å². The molecular formula is C26H26N4O4S. The molecule has 9 heteroatoms. The number of fused-ring (bicyclic) bond motifs is 1. The van der Waals surface area contributed by atoms with Crippen LogP contribution >= 0.6 is 11.8 Å². The van der Waals surface area contributed by atoms with Gasteiger partial charge in [-0.25, -0.2) is 9.78 Å². The van der Waals surface area contributed by atoms with E-state index in [0.29, 0.717) is 31.1 Å². The predicted molar refractivity (Wildman–Crippen MR) is 136 cm³/mol. The lowest BCUT2D eigenvalue weighted by molar-refractivity contribution is -0.113. The first-order valence-electron chi connectivity index (χ1n) is 11.4. The largest absolute Gasteiger partial charge is 0.481 e. The number of anilines is 2. The van der Waals surface area contributed by atoms with Crippen LogP contribution in [0.4, 0.5) is 16.2 Å². The normalized spacial score (nSPS) is 17.1. The monoisotopic (exact) mass is 490 g/mol. The molecule has 1 saturated heterocycles. The summed E-state index contributed by atoms with van der Waals surface area (Å²) in [5.74, 6) is 0.977. The third kappa shape index (κ3) is 5.41. The number of carbonyl (C=O) groups is 2. The third-order valence-electron chi connectivity index (χ3n) is 5.96. The van der Waals surface area contributed by atoms with Crippen LogP contribution in [0.25, 0.3) is 11.1 Å². The molecule has 5 rings (SSSR count). The maximum absolute atomic E-state index is 12.5. The Morgan fingerprint density at radius 2 is 2.09 bits per heavy atom. The molecule has 1 unspecified atom stereocenters. The van der Waals surface area contributed by atoms with E-state index in [9.17, 15) is 9.59 Å². The van der Waals surface area contributed by atoms with E-state index in [2.05, 4.69) is 33.8 Å². The molecule has 1 atom stereocenters. The highest BCUT2D eigenvalue weighted by atomic mass is 32.2. The molecule has 1 fully saturated rings. The standard InChI is InChI=1S/C26H26N4O4S/c1-33-25-8-5-19(14-28-25)18-4-2-3-17(11-18)13-27-10-9-21-15-30(26(32)34-21)20-6-7-23-22(12-20)29-24(31)16-35-23/h2-8,11-12,14,21,27H,9-10,13,15-16H2,1H3,(H,29,31). The Labute approximate surface area is 208 Å². The number of pyridine rings is 1. The van der Waals surface area contributed by atoms with E-state index in [1.165, 1.54) is 11.8 Å². The lowest BCUT2D eigenvalue weighted by atomic mass is 10.0. The van der Waals surface area contributed by atoms with Gasteiger partial charge in [-0.15, -0.1) is 11.8 Å². The van der Waals surface area contributed by atoms with Gasteiger partial charge in [0.1, 0.15) is 6.10 Å². The van der Waals surface area contributed by atoms with Crippen LogP contribution in [0.2, 0.25) is 0 Å². The smallest absolute Gasteiger partial charge is 0.414 e. The van der Waals surface area contributed by atoms with Crippen LogP contribution in [0.1, 0.15) is 12.0 Å². The van der Waals surface area contributed by atoms with Crippen molar-refractivity contribution in [2.75, 3.05) is 36.2 Å². The average molecular weight is 491 g/mol. The maximum atomic E-state index is 12.5. The first kappa shape index (κ1) is 23.2. The van der Waals surface area contributed by atoms with Gasteiger partial charge in [-0.1, -0.05) is 18.2 Å². The summed E-state index contributed by atoms with van der Waals surface area (Å²) in [6, 6.07) is 17.8. The van der Waals surface area contributed by atoms with E-state index in [4.69, 9.17) is 9.47 Å². The van der Waals surface area contributed by atoms with Crippen LogP contribution in [0, 0.1) is 0 Å². The number of nitrogens with zero attached hydrogens (tertiary/aromatic N) is 2. The Morgan fingerprint density at radius 3 is 2.91 bits per heavy atom. The Kier molecular flexibility index (Phi) is 6.87. The number of benzene rings is 2. The summed E-state index contributed by atoms with van der Waals surface area (Å²) in [4.78, 5) is 31.1. The van der Waals surface area contributed by atoms with Gasteiger partial charge in [-0.3, -0.25) is 9.69 Å². The van der Waals surface area contributed by atoms with Gasteiger partial charge in [-0.2, -0.15) is 0 Å². The number of aromatic nitrogens is 1. The Hall–Kier alpha value is -3.56. The summed E-state index contributed by atoms with van der Waals surface area (Å²) in [6.07, 6.45) is 1.97. The van der Waals surface area contributed by atoms with Crippen LogP contribution in [-0.2, 0) is 16.1 Å². The lowest BCUT2D eigenvalue weighted by Crippen LogP contribution is -2.26. The quantitative estimate of drug-likeness (QED) is 0.455. The van der Waals surface area contributed by atoms with Crippen molar-refractivity contribution in [3.63, 3.8) is 0 Å². The molecule has 0 radical (unpaired) electrons. The molecule has 35 heavy (non-hydrogen) atoms. The number of thioether (sulfide) groups is 1. The van der Waals surface area contributed by atoms with Crippen molar-refractivity contribution in [1.82, 2.24) is 10.3 Å². The van der Waals surface area contributed by atoms with Crippen molar-refractivity contribution < 1.29 is 19.1 Å². The molecule has 8 nitrogen and oxygen atoms in total. The zero-order chi connectivity index (χ0) is 24.2. The van der Waals surface area contributed by atoms with E-state index in [1.54, 1.807) is 18.2 Å². The second kappa shape index (κ2) is 10.4. The van der Waals surface area contributed by atoms with Gasteiger partial charge in [0, 0.05) is 35.0 Å². The highest BCUT2D eigenvalue weighted by molar-refractivity contribution is 8.00. The highest BCUT2D eigenvalue weighted by Crippen LogP contribution is 2.35. The van der Waals surface area contributed by atoms with Crippen LogP contribution in [0.3, 0.4) is 0 Å². The van der Waals surface area contributed by atoms with Gasteiger partial charge in [0.25, 0.3) is 0 Å². The second-order valence-corrected chi connectivity index (χ2v) is 9.41. The Morgan fingerprint density at radius 1 is 1.17 bits per heavy atom. The van der Waals surface area contributed by atoms with E-state index in [0.717, 1.165) is 39.5 Å². The second-order valence-electron chi connectivity index (χ2n) is 8.39. The number of nitrogens with one attached hydrogen (secondary N) is 2.